The van der Waals surface area contributed by atoms with Crippen molar-refractivity contribution in [2.45, 2.75) is 25.5 Å². The fourth-order valence-corrected chi connectivity index (χ4v) is 3.22. The number of phenols is 1. The summed E-state index contributed by atoms with van der Waals surface area (Å²) in [6.45, 7) is 3.62. The molecule has 0 spiro atoms. The van der Waals surface area contributed by atoms with Crippen LogP contribution < -0.4 is 4.74 Å². The Hall–Kier alpha value is -2.38. The van der Waals surface area contributed by atoms with Gasteiger partial charge < -0.3 is 19.5 Å². The summed E-state index contributed by atoms with van der Waals surface area (Å²) in [4.78, 5) is 11.0. The lowest BCUT2D eigenvalue weighted by atomic mass is 10.1. The van der Waals surface area contributed by atoms with E-state index in [1.165, 1.54) is 12.1 Å². The zero-order valence-corrected chi connectivity index (χ0v) is 14.7. The van der Waals surface area contributed by atoms with Crippen LogP contribution in [0.2, 0.25) is 0 Å². The predicted molar refractivity (Wildman–Crippen MR) is 94.6 cm³/mol. The van der Waals surface area contributed by atoms with Crippen LogP contribution in [-0.4, -0.2) is 31.6 Å². The van der Waals surface area contributed by atoms with E-state index < -0.39 is 22.3 Å². The quantitative estimate of drug-likeness (QED) is 0.650. The fraction of sp³-hybridized carbons (Fsp3) is 0.278. The molecule has 0 bridgehead atoms. The first-order chi connectivity index (χ1) is 11.8. The Balaban J connectivity index is 2.09. The molecule has 0 aliphatic heterocycles. The van der Waals surface area contributed by atoms with E-state index in [0.29, 0.717) is 17.7 Å². The lowest BCUT2D eigenvalue weighted by Gasteiger charge is -2.16. The summed E-state index contributed by atoms with van der Waals surface area (Å²) in [5.74, 6) is -1.22. The van der Waals surface area contributed by atoms with Gasteiger partial charge in [0.15, 0.2) is 11.1 Å². The molecule has 134 valence electrons. The number of hydrogen-bond donors (Lipinski definition) is 3. The summed E-state index contributed by atoms with van der Waals surface area (Å²) < 4.78 is 26.8. The molecule has 2 rings (SSSR count). The molecule has 7 heteroatoms. The van der Waals surface area contributed by atoms with Gasteiger partial charge in [0.1, 0.15) is 17.1 Å². The lowest BCUT2D eigenvalue weighted by molar-refractivity contribution is 0.0693. The van der Waals surface area contributed by atoms with E-state index in [2.05, 4.69) is 0 Å². The molecule has 25 heavy (non-hydrogen) atoms. The third-order valence-corrected chi connectivity index (χ3v) is 4.90. The largest absolute Gasteiger partial charge is 0.507 e. The maximum Gasteiger partial charge on any atom is 0.339 e. The van der Waals surface area contributed by atoms with Crippen LogP contribution >= 0.6 is 0 Å². The summed E-state index contributed by atoms with van der Waals surface area (Å²) >= 11 is -2.05. The third-order valence-electron chi connectivity index (χ3n) is 3.91. The van der Waals surface area contributed by atoms with Crippen LogP contribution in [0.25, 0.3) is 0 Å². The number of carboxylic acid groups (broad SMARTS) is 1. The molecule has 6 nitrogen and oxygen atoms in total. The van der Waals surface area contributed by atoms with Gasteiger partial charge in [-0.05, 0) is 31.5 Å². The van der Waals surface area contributed by atoms with Crippen LogP contribution in [0.4, 0.5) is 0 Å². The van der Waals surface area contributed by atoms with Crippen LogP contribution in [0.1, 0.15) is 38.7 Å². The van der Waals surface area contributed by atoms with Gasteiger partial charge in [-0.3, -0.25) is 0 Å². The van der Waals surface area contributed by atoms with Gasteiger partial charge in [-0.2, -0.15) is 0 Å². The molecule has 3 N–H and O–H groups in total. The molecule has 0 fully saturated rings. The average molecular weight is 364 g/mol. The van der Waals surface area contributed by atoms with Crippen molar-refractivity contribution in [2.75, 3.05) is 6.61 Å². The second kappa shape index (κ2) is 8.13. The summed E-state index contributed by atoms with van der Waals surface area (Å²) in [6, 6.07) is 10.1. The Labute approximate surface area is 148 Å². The van der Waals surface area contributed by atoms with E-state index in [1.807, 2.05) is 25.1 Å². The molecular weight excluding hydrogens is 344 g/mol. The molecule has 2 unspecified atom stereocenters. The number of ether oxygens (including phenoxy) is 1. The van der Waals surface area contributed by atoms with Crippen molar-refractivity contribution in [2.24, 2.45) is 0 Å². The molecule has 0 aliphatic carbocycles. The molecule has 2 aromatic carbocycles. The summed E-state index contributed by atoms with van der Waals surface area (Å²) in [5, 5.41) is 18.3. The number of aromatic carboxylic acids is 1. The maximum atomic E-state index is 11.6. The smallest absolute Gasteiger partial charge is 0.339 e. The van der Waals surface area contributed by atoms with E-state index in [1.54, 1.807) is 13.0 Å². The third kappa shape index (κ3) is 4.58. The maximum absolute atomic E-state index is 11.6. The highest BCUT2D eigenvalue weighted by Crippen LogP contribution is 2.31. The zero-order valence-electron chi connectivity index (χ0n) is 13.9. The number of benzene rings is 2. The lowest BCUT2D eigenvalue weighted by Crippen LogP contribution is -2.11. The van der Waals surface area contributed by atoms with Crippen LogP contribution in [0, 0.1) is 13.8 Å². The Morgan fingerprint density at radius 2 is 1.96 bits per heavy atom. The highest BCUT2D eigenvalue weighted by Gasteiger charge is 2.19. The number of carboxylic acids is 1. The average Bonchev–Trinajstić information content (AvgIpc) is 2.54. The highest BCUT2D eigenvalue weighted by atomic mass is 32.2. The Morgan fingerprint density at radius 3 is 2.56 bits per heavy atom. The molecule has 0 saturated heterocycles. The van der Waals surface area contributed by atoms with Crippen molar-refractivity contribution >= 4 is 17.0 Å². The summed E-state index contributed by atoms with van der Waals surface area (Å²) in [6.07, 6.45) is 0.299. The normalized spacial score (nSPS) is 13.2. The SMILES string of the molecule is Cc1cccc(C(CCOc2ccc(C(=O)O)c(O)c2C)S(=O)O)c1. The number of rotatable bonds is 7. The molecule has 0 radical (unpaired) electrons. The zero-order chi connectivity index (χ0) is 18.6. The minimum atomic E-state index is -2.05. The van der Waals surface area contributed by atoms with Gasteiger partial charge in [-0.25, -0.2) is 9.00 Å². The van der Waals surface area contributed by atoms with Gasteiger partial charge in [-0.15, -0.1) is 0 Å². The molecular formula is C18H20O6S. The first-order valence-electron chi connectivity index (χ1n) is 7.66. The Kier molecular flexibility index (Phi) is 6.17. The van der Waals surface area contributed by atoms with E-state index in [9.17, 15) is 18.7 Å². The van der Waals surface area contributed by atoms with Crippen molar-refractivity contribution in [3.05, 3.63) is 58.7 Å². The minimum absolute atomic E-state index is 0.150. The summed E-state index contributed by atoms with van der Waals surface area (Å²) in [7, 11) is 0. The van der Waals surface area contributed by atoms with Crippen molar-refractivity contribution < 1.29 is 28.5 Å². The van der Waals surface area contributed by atoms with E-state index in [4.69, 9.17) is 9.84 Å². The monoisotopic (exact) mass is 364 g/mol. The molecule has 0 aromatic heterocycles. The van der Waals surface area contributed by atoms with Gasteiger partial charge in [0, 0.05) is 12.0 Å². The number of aryl methyl sites for hydroxylation is 1. The van der Waals surface area contributed by atoms with E-state index >= 15 is 0 Å². The summed E-state index contributed by atoms with van der Waals surface area (Å²) in [5.41, 5.74) is 1.88. The molecule has 2 aromatic rings. The topological polar surface area (TPSA) is 104 Å². The van der Waals surface area contributed by atoms with Crippen LogP contribution in [0.15, 0.2) is 36.4 Å². The predicted octanol–water partition coefficient (Wildman–Crippen LogP) is 3.44. The van der Waals surface area contributed by atoms with Crippen LogP contribution in [0.5, 0.6) is 11.5 Å². The molecule has 0 heterocycles. The van der Waals surface area contributed by atoms with Gasteiger partial charge >= 0.3 is 5.97 Å². The van der Waals surface area contributed by atoms with E-state index in [0.717, 1.165) is 11.1 Å². The van der Waals surface area contributed by atoms with Crippen molar-refractivity contribution in [1.82, 2.24) is 0 Å². The standard InChI is InChI=1S/C18H20O6S/c1-11-4-3-5-13(10-11)16(25(22)23)8-9-24-15-7-6-14(18(20)21)17(19)12(15)2/h3-7,10,16,19H,8-9H2,1-2H3,(H,20,21)(H,22,23). The fourth-order valence-electron chi connectivity index (χ4n) is 2.54. The first-order valence-corrected chi connectivity index (χ1v) is 8.83. The van der Waals surface area contributed by atoms with Crippen molar-refractivity contribution in [3.63, 3.8) is 0 Å². The van der Waals surface area contributed by atoms with E-state index in [-0.39, 0.29) is 17.9 Å². The number of carbonyl (C=O) groups is 1. The number of aromatic hydroxyl groups is 1. The van der Waals surface area contributed by atoms with Gasteiger partial charge in [0.2, 0.25) is 0 Å². The van der Waals surface area contributed by atoms with Gasteiger partial charge in [0.05, 0.1) is 11.9 Å². The second-order valence-corrected chi connectivity index (χ2v) is 6.83. The van der Waals surface area contributed by atoms with Gasteiger partial charge in [-0.1, -0.05) is 29.8 Å². The molecule has 0 amide bonds. The second-order valence-electron chi connectivity index (χ2n) is 5.71. The van der Waals surface area contributed by atoms with Gasteiger partial charge in [0.25, 0.3) is 0 Å². The van der Waals surface area contributed by atoms with Crippen LogP contribution in [-0.2, 0) is 11.1 Å². The Morgan fingerprint density at radius 1 is 1.24 bits per heavy atom. The Bertz CT molecular complexity index is 802. The first kappa shape index (κ1) is 19.0. The highest BCUT2D eigenvalue weighted by molar-refractivity contribution is 7.79. The van der Waals surface area contributed by atoms with Crippen molar-refractivity contribution in [3.8, 4) is 11.5 Å². The number of hydrogen-bond acceptors (Lipinski definition) is 4. The minimum Gasteiger partial charge on any atom is -0.507 e. The van der Waals surface area contributed by atoms with Crippen LogP contribution in [0.3, 0.4) is 0 Å². The van der Waals surface area contributed by atoms with Crippen molar-refractivity contribution in [1.29, 1.82) is 0 Å². The molecule has 0 aliphatic rings. The molecule has 2 atom stereocenters. The molecule has 0 saturated carbocycles.